The topological polar surface area (TPSA) is 58.8 Å². The van der Waals surface area contributed by atoms with Crippen LogP contribution in [-0.2, 0) is 24.1 Å². The highest BCUT2D eigenvalue weighted by Gasteiger charge is 2.02. The highest BCUT2D eigenvalue weighted by Crippen LogP contribution is 2.10. The van der Waals surface area contributed by atoms with Crippen molar-refractivity contribution >= 4 is 5.96 Å². The van der Waals surface area contributed by atoms with Crippen LogP contribution in [0, 0.1) is 0 Å². The SMILES string of the molecule is CCc1ccccc1CN=C(NCCOC)NCCc1ccco1. The zero-order valence-corrected chi connectivity index (χ0v) is 14.5. The van der Waals surface area contributed by atoms with Crippen LogP contribution in [0.5, 0.6) is 0 Å². The third-order valence-electron chi connectivity index (χ3n) is 3.75. The van der Waals surface area contributed by atoms with E-state index in [2.05, 4.69) is 41.8 Å². The number of rotatable bonds is 9. The summed E-state index contributed by atoms with van der Waals surface area (Å²) in [5.41, 5.74) is 2.60. The summed E-state index contributed by atoms with van der Waals surface area (Å²) >= 11 is 0. The predicted octanol–water partition coefficient (Wildman–Crippen LogP) is 2.77. The summed E-state index contributed by atoms with van der Waals surface area (Å²) in [6, 6.07) is 12.3. The lowest BCUT2D eigenvalue weighted by atomic mass is 10.1. The Kier molecular flexibility index (Phi) is 7.90. The molecule has 0 radical (unpaired) electrons. The molecule has 1 heterocycles. The minimum Gasteiger partial charge on any atom is -0.469 e. The summed E-state index contributed by atoms with van der Waals surface area (Å²) in [6.07, 6.45) is 3.54. The Labute approximate surface area is 144 Å². The van der Waals surface area contributed by atoms with Gasteiger partial charge in [-0.15, -0.1) is 0 Å². The second kappa shape index (κ2) is 10.5. The van der Waals surface area contributed by atoms with Crippen LogP contribution in [0.15, 0.2) is 52.1 Å². The van der Waals surface area contributed by atoms with Crippen molar-refractivity contribution in [2.75, 3.05) is 26.8 Å². The molecule has 0 unspecified atom stereocenters. The van der Waals surface area contributed by atoms with E-state index in [-0.39, 0.29) is 0 Å². The Bertz CT molecular complexity index is 609. The first-order valence-electron chi connectivity index (χ1n) is 8.43. The summed E-state index contributed by atoms with van der Waals surface area (Å²) in [5.74, 6) is 1.76. The Balaban J connectivity index is 1.92. The van der Waals surface area contributed by atoms with Gasteiger partial charge in [-0.2, -0.15) is 0 Å². The maximum atomic E-state index is 5.35. The molecule has 0 fully saturated rings. The zero-order valence-electron chi connectivity index (χ0n) is 14.5. The van der Waals surface area contributed by atoms with Gasteiger partial charge in [-0.3, -0.25) is 0 Å². The summed E-state index contributed by atoms with van der Waals surface area (Å²) in [4.78, 5) is 4.70. The van der Waals surface area contributed by atoms with Gasteiger partial charge in [0, 0.05) is 26.6 Å². The third kappa shape index (κ3) is 6.08. The van der Waals surface area contributed by atoms with Gasteiger partial charge in [0.05, 0.1) is 19.4 Å². The number of nitrogens with zero attached hydrogens (tertiary/aromatic N) is 1. The number of nitrogens with one attached hydrogen (secondary N) is 2. The molecule has 0 saturated heterocycles. The van der Waals surface area contributed by atoms with Crippen LogP contribution in [0.2, 0.25) is 0 Å². The van der Waals surface area contributed by atoms with E-state index in [0.29, 0.717) is 13.2 Å². The number of furan rings is 1. The van der Waals surface area contributed by atoms with Gasteiger partial charge in [0.15, 0.2) is 5.96 Å². The van der Waals surface area contributed by atoms with Crippen LogP contribution >= 0.6 is 0 Å². The molecule has 0 aliphatic carbocycles. The van der Waals surface area contributed by atoms with Crippen LogP contribution in [0.25, 0.3) is 0 Å². The molecule has 5 nitrogen and oxygen atoms in total. The second-order valence-corrected chi connectivity index (χ2v) is 5.46. The molecular weight excluding hydrogens is 302 g/mol. The normalized spacial score (nSPS) is 11.5. The second-order valence-electron chi connectivity index (χ2n) is 5.46. The van der Waals surface area contributed by atoms with Crippen molar-refractivity contribution in [2.24, 2.45) is 4.99 Å². The van der Waals surface area contributed by atoms with Gasteiger partial charge in [0.1, 0.15) is 5.76 Å². The number of hydrogen-bond donors (Lipinski definition) is 2. The molecule has 0 bridgehead atoms. The minimum absolute atomic E-state index is 0.643. The number of benzene rings is 1. The molecule has 0 aliphatic heterocycles. The van der Waals surface area contributed by atoms with Crippen molar-refractivity contribution in [3.63, 3.8) is 0 Å². The number of aliphatic imine (C=N–C) groups is 1. The minimum atomic E-state index is 0.643. The van der Waals surface area contributed by atoms with E-state index < -0.39 is 0 Å². The number of aryl methyl sites for hydroxylation is 1. The Morgan fingerprint density at radius 3 is 2.58 bits per heavy atom. The lowest BCUT2D eigenvalue weighted by Crippen LogP contribution is -2.40. The molecule has 1 aromatic heterocycles. The Morgan fingerprint density at radius 1 is 1.08 bits per heavy atom. The average Bonchev–Trinajstić information content (AvgIpc) is 3.13. The molecular formula is C19H27N3O2. The molecule has 1 aromatic carbocycles. The molecule has 0 aliphatic rings. The van der Waals surface area contributed by atoms with Crippen molar-refractivity contribution in [1.82, 2.24) is 10.6 Å². The summed E-state index contributed by atoms with van der Waals surface area (Å²) in [5, 5.41) is 6.64. The van der Waals surface area contributed by atoms with Gasteiger partial charge in [-0.25, -0.2) is 4.99 Å². The molecule has 130 valence electrons. The molecule has 5 heteroatoms. The predicted molar refractivity (Wildman–Crippen MR) is 97.3 cm³/mol. The van der Waals surface area contributed by atoms with Crippen LogP contribution in [0.4, 0.5) is 0 Å². The van der Waals surface area contributed by atoms with Crippen LogP contribution < -0.4 is 10.6 Å². The van der Waals surface area contributed by atoms with Gasteiger partial charge < -0.3 is 19.8 Å². The van der Waals surface area contributed by atoms with Gasteiger partial charge in [0.25, 0.3) is 0 Å². The Morgan fingerprint density at radius 2 is 1.88 bits per heavy atom. The molecule has 2 N–H and O–H groups in total. The highest BCUT2D eigenvalue weighted by atomic mass is 16.5. The van der Waals surface area contributed by atoms with Crippen molar-refractivity contribution in [2.45, 2.75) is 26.3 Å². The van der Waals surface area contributed by atoms with Gasteiger partial charge in [0.2, 0.25) is 0 Å². The first-order valence-corrected chi connectivity index (χ1v) is 8.43. The molecule has 0 saturated carbocycles. The first kappa shape index (κ1) is 18.1. The monoisotopic (exact) mass is 329 g/mol. The zero-order chi connectivity index (χ0) is 17.0. The molecule has 2 rings (SSSR count). The fraction of sp³-hybridized carbons (Fsp3) is 0.421. The van der Waals surface area contributed by atoms with E-state index in [0.717, 1.165) is 37.7 Å². The van der Waals surface area contributed by atoms with Crippen molar-refractivity contribution in [3.05, 3.63) is 59.5 Å². The number of methoxy groups -OCH3 is 1. The standard InChI is InChI=1S/C19H27N3O2/c1-3-16-7-4-5-8-17(16)15-22-19(21-12-14-23-2)20-11-10-18-9-6-13-24-18/h4-9,13H,3,10-12,14-15H2,1-2H3,(H2,20,21,22). The fourth-order valence-electron chi connectivity index (χ4n) is 2.43. The molecule has 2 aromatic rings. The number of ether oxygens (including phenoxy) is 1. The molecule has 24 heavy (non-hydrogen) atoms. The maximum absolute atomic E-state index is 5.35. The van der Waals surface area contributed by atoms with Gasteiger partial charge in [-0.1, -0.05) is 31.2 Å². The molecule has 0 spiro atoms. The maximum Gasteiger partial charge on any atom is 0.191 e. The van der Waals surface area contributed by atoms with Crippen molar-refractivity contribution in [3.8, 4) is 0 Å². The van der Waals surface area contributed by atoms with Crippen LogP contribution in [0.1, 0.15) is 23.8 Å². The van der Waals surface area contributed by atoms with E-state index >= 15 is 0 Å². The fourth-order valence-corrected chi connectivity index (χ4v) is 2.43. The van der Waals surface area contributed by atoms with E-state index in [1.807, 2.05) is 12.1 Å². The summed E-state index contributed by atoms with van der Waals surface area (Å²) in [6.45, 7) is 4.96. The largest absolute Gasteiger partial charge is 0.469 e. The lowest BCUT2D eigenvalue weighted by Gasteiger charge is -2.13. The quantitative estimate of drug-likeness (QED) is 0.422. The smallest absolute Gasteiger partial charge is 0.191 e. The summed E-state index contributed by atoms with van der Waals surface area (Å²) < 4.78 is 10.4. The van der Waals surface area contributed by atoms with Gasteiger partial charge in [-0.05, 0) is 29.7 Å². The first-order chi connectivity index (χ1) is 11.8. The van der Waals surface area contributed by atoms with Crippen molar-refractivity contribution < 1.29 is 9.15 Å². The number of guanidine groups is 1. The third-order valence-corrected chi connectivity index (χ3v) is 3.75. The van der Waals surface area contributed by atoms with E-state index in [4.69, 9.17) is 14.1 Å². The Hall–Kier alpha value is -2.27. The highest BCUT2D eigenvalue weighted by molar-refractivity contribution is 5.79. The van der Waals surface area contributed by atoms with E-state index in [1.165, 1.54) is 11.1 Å². The van der Waals surface area contributed by atoms with E-state index in [1.54, 1.807) is 13.4 Å². The number of hydrogen-bond acceptors (Lipinski definition) is 3. The van der Waals surface area contributed by atoms with Gasteiger partial charge >= 0.3 is 0 Å². The van der Waals surface area contributed by atoms with Crippen LogP contribution in [-0.4, -0.2) is 32.8 Å². The molecule has 0 atom stereocenters. The summed E-state index contributed by atoms with van der Waals surface area (Å²) in [7, 11) is 1.69. The van der Waals surface area contributed by atoms with Crippen LogP contribution in [0.3, 0.4) is 0 Å². The van der Waals surface area contributed by atoms with E-state index in [9.17, 15) is 0 Å². The lowest BCUT2D eigenvalue weighted by molar-refractivity contribution is 0.203. The van der Waals surface area contributed by atoms with Crippen molar-refractivity contribution in [1.29, 1.82) is 0 Å². The average molecular weight is 329 g/mol. The molecule has 0 amide bonds.